The second kappa shape index (κ2) is 23.5. The Morgan fingerprint density at radius 1 is 0.652 bits per heavy atom. The summed E-state index contributed by atoms with van der Waals surface area (Å²) >= 11 is 0. The quantitative estimate of drug-likeness (QED) is 0.400. The minimum absolute atomic E-state index is 0. The Kier molecular flexibility index (Phi) is 27.6. The topological polar surface area (TPSA) is 49.4 Å². The van der Waals surface area contributed by atoms with Gasteiger partial charge < -0.3 is 0 Å². The molecule has 0 aromatic carbocycles. The zero-order chi connectivity index (χ0) is 17.1. The van der Waals surface area contributed by atoms with Crippen molar-refractivity contribution in [3.8, 4) is 0 Å². The summed E-state index contributed by atoms with van der Waals surface area (Å²) in [6.07, 6.45) is 11.6. The van der Waals surface area contributed by atoms with Crippen LogP contribution in [0.2, 0.25) is 0 Å². The molecule has 0 aliphatic carbocycles. The van der Waals surface area contributed by atoms with Gasteiger partial charge in [0.25, 0.3) is 0 Å². The molecular weight excluding hydrogens is 328 g/mol. The van der Waals surface area contributed by atoms with E-state index in [1.807, 2.05) is 0 Å². The summed E-state index contributed by atoms with van der Waals surface area (Å²) < 4.78 is 0. The monoisotopic (exact) mass is 364 g/mol. The van der Waals surface area contributed by atoms with E-state index in [0.717, 1.165) is 38.8 Å². The van der Waals surface area contributed by atoms with Crippen LogP contribution < -0.4 is 0 Å². The maximum absolute atomic E-state index is 4.27. The Balaban J connectivity index is -0.000000338. The van der Waals surface area contributed by atoms with Crippen molar-refractivity contribution in [2.75, 3.05) is 13.1 Å². The van der Waals surface area contributed by atoms with Gasteiger partial charge in [0.15, 0.2) is 0 Å². The predicted octanol–water partition coefficient (Wildman–Crippen LogP) is 4.67. The summed E-state index contributed by atoms with van der Waals surface area (Å²) in [4.78, 5) is 16.7. The third kappa shape index (κ3) is 26.4. The molecule has 0 saturated carbocycles. The van der Waals surface area contributed by atoms with Crippen molar-refractivity contribution < 1.29 is 17.1 Å². The SMILES string of the molecule is CCC(C)N=CC=NC(C)CC.CCCN=CC=NCCC.[Fe]. The average molecular weight is 364 g/mol. The maximum atomic E-state index is 4.27. The van der Waals surface area contributed by atoms with Crippen LogP contribution in [0.25, 0.3) is 0 Å². The number of nitrogens with zero attached hydrogens (tertiary/aromatic N) is 4. The molecular formula is C18H36FeN4. The molecule has 0 aliphatic rings. The summed E-state index contributed by atoms with van der Waals surface area (Å²) in [6, 6.07) is 0.849. The van der Waals surface area contributed by atoms with Gasteiger partial charge in [0.1, 0.15) is 0 Å². The van der Waals surface area contributed by atoms with Crippen molar-refractivity contribution >= 4 is 24.9 Å². The largest absolute Gasteiger partial charge is 0.292 e. The van der Waals surface area contributed by atoms with Gasteiger partial charge in [0, 0.05) is 67.1 Å². The van der Waals surface area contributed by atoms with Crippen molar-refractivity contribution in [1.82, 2.24) is 0 Å². The molecule has 0 amide bonds. The van der Waals surface area contributed by atoms with Gasteiger partial charge in [-0.3, -0.25) is 20.0 Å². The summed E-state index contributed by atoms with van der Waals surface area (Å²) in [5.41, 5.74) is 0. The van der Waals surface area contributed by atoms with Crippen molar-refractivity contribution in [1.29, 1.82) is 0 Å². The first-order chi connectivity index (χ1) is 10.6. The number of hydrogen-bond acceptors (Lipinski definition) is 4. The van der Waals surface area contributed by atoms with Crippen molar-refractivity contribution in [3.63, 3.8) is 0 Å². The fourth-order valence-corrected chi connectivity index (χ4v) is 1.08. The Labute approximate surface area is 154 Å². The molecule has 23 heavy (non-hydrogen) atoms. The van der Waals surface area contributed by atoms with E-state index in [1.165, 1.54) is 0 Å². The van der Waals surface area contributed by atoms with Crippen LogP contribution in [-0.4, -0.2) is 50.0 Å². The van der Waals surface area contributed by atoms with Crippen LogP contribution in [0.15, 0.2) is 20.0 Å². The zero-order valence-electron chi connectivity index (χ0n) is 15.8. The third-order valence-electron chi connectivity index (χ3n) is 2.91. The van der Waals surface area contributed by atoms with E-state index >= 15 is 0 Å². The fourth-order valence-electron chi connectivity index (χ4n) is 1.08. The Hall–Kier alpha value is -0.801. The van der Waals surface area contributed by atoms with E-state index in [4.69, 9.17) is 0 Å². The first-order valence-electron chi connectivity index (χ1n) is 8.65. The summed E-state index contributed by atoms with van der Waals surface area (Å²) in [5, 5.41) is 0. The fraction of sp³-hybridized carbons (Fsp3) is 0.778. The minimum atomic E-state index is 0. The molecule has 2 unspecified atom stereocenters. The van der Waals surface area contributed by atoms with Gasteiger partial charge >= 0.3 is 0 Å². The summed E-state index contributed by atoms with van der Waals surface area (Å²) in [7, 11) is 0. The Morgan fingerprint density at radius 2 is 1.00 bits per heavy atom. The van der Waals surface area contributed by atoms with Gasteiger partial charge in [-0.15, -0.1) is 0 Å². The zero-order valence-corrected chi connectivity index (χ0v) is 17.0. The summed E-state index contributed by atoms with van der Waals surface area (Å²) in [6.45, 7) is 14.5. The standard InChI is InChI=1S/C10H20N2.C8H16N2.Fe/c1-5-9(3)11-7-8-12-10(4)6-2;1-3-5-9-7-8-10-6-4-2;/h7-10H,5-6H2,1-4H3;7-8H,3-6H2,1-2H3;. The van der Waals surface area contributed by atoms with Crippen molar-refractivity contribution in [2.45, 2.75) is 79.3 Å². The van der Waals surface area contributed by atoms with E-state index in [-0.39, 0.29) is 17.1 Å². The smallest absolute Gasteiger partial charge is 0.0469 e. The second-order valence-electron chi connectivity index (χ2n) is 5.22. The van der Waals surface area contributed by atoms with Crippen LogP contribution in [0.3, 0.4) is 0 Å². The predicted molar refractivity (Wildman–Crippen MR) is 104 cm³/mol. The average Bonchev–Trinajstić information content (AvgIpc) is 2.55. The van der Waals surface area contributed by atoms with E-state index in [2.05, 4.69) is 61.5 Å². The van der Waals surface area contributed by atoms with E-state index < -0.39 is 0 Å². The number of aliphatic imine (C=N–C) groups is 4. The van der Waals surface area contributed by atoms with Crippen LogP contribution in [0.4, 0.5) is 0 Å². The molecule has 0 aromatic heterocycles. The molecule has 0 aromatic rings. The first-order valence-corrected chi connectivity index (χ1v) is 8.65. The van der Waals surface area contributed by atoms with Gasteiger partial charge in [-0.1, -0.05) is 27.7 Å². The molecule has 0 heterocycles. The Morgan fingerprint density at radius 3 is 1.26 bits per heavy atom. The molecule has 0 fully saturated rings. The molecule has 0 N–H and O–H groups in total. The molecule has 0 aliphatic heterocycles. The summed E-state index contributed by atoms with van der Waals surface area (Å²) in [5.74, 6) is 0. The van der Waals surface area contributed by atoms with Crippen molar-refractivity contribution in [2.24, 2.45) is 20.0 Å². The van der Waals surface area contributed by atoms with E-state index in [1.54, 1.807) is 24.9 Å². The molecule has 136 valence electrons. The van der Waals surface area contributed by atoms with Crippen LogP contribution in [-0.2, 0) is 17.1 Å². The van der Waals surface area contributed by atoms with Gasteiger partial charge in [0.2, 0.25) is 0 Å². The molecule has 4 nitrogen and oxygen atoms in total. The first kappa shape index (κ1) is 27.1. The maximum Gasteiger partial charge on any atom is 0.0469 e. The van der Waals surface area contributed by atoms with Gasteiger partial charge in [-0.25, -0.2) is 0 Å². The van der Waals surface area contributed by atoms with Crippen LogP contribution in [0.5, 0.6) is 0 Å². The molecule has 0 saturated heterocycles. The molecule has 0 rings (SSSR count). The molecule has 0 radical (unpaired) electrons. The second-order valence-corrected chi connectivity index (χ2v) is 5.22. The van der Waals surface area contributed by atoms with Gasteiger partial charge in [-0.2, -0.15) is 0 Å². The normalized spacial score (nSPS) is 14.2. The molecule has 5 heteroatoms. The molecule has 2 atom stereocenters. The van der Waals surface area contributed by atoms with Crippen LogP contribution in [0, 0.1) is 0 Å². The van der Waals surface area contributed by atoms with Crippen LogP contribution >= 0.6 is 0 Å². The van der Waals surface area contributed by atoms with Crippen molar-refractivity contribution in [3.05, 3.63) is 0 Å². The van der Waals surface area contributed by atoms with E-state index in [9.17, 15) is 0 Å². The third-order valence-corrected chi connectivity index (χ3v) is 2.91. The Bertz CT molecular complexity index is 293. The number of hydrogen-bond donors (Lipinski definition) is 0. The van der Waals surface area contributed by atoms with Gasteiger partial charge in [0.05, 0.1) is 0 Å². The van der Waals surface area contributed by atoms with Gasteiger partial charge in [-0.05, 0) is 39.5 Å². The van der Waals surface area contributed by atoms with Crippen LogP contribution in [0.1, 0.15) is 67.2 Å². The minimum Gasteiger partial charge on any atom is -0.292 e. The molecule has 0 spiro atoms. The number of rotatable bonds is 10. The molecule has 0 bridgehead atoms. The van der Waals surface area contributed by atoms with E-state index in [0.29, 0.717) is 12.1 Å².